The first-order chi connectivity index (χ1) is 12.9. The van der Waals surface area contributed by atoms with Gasteiger partial charge in [0, 0.05) is 19.0 Å². The summed E-state index contributed by atoms with van der Waals surface area (Å²) in [5.41, 5.74) is 0.571. The maximum absolute atomic E-state index is 12.3. The molecule has 2 heterocycles. The Balaban J connectivity index is 1.96. The molecule has 4 rings (SSSR count). The van der Waals surface area contributed by atoms with Crippen LogP contribution in [-0.4, -0.2) is 31.8 Å². The van der Waals surface area contributed by atoms with Gasteiger partial charge in [0.15, 0.2) is 5.76 Å². The van der Waals surface area contributed by atoms with Gasteiger partial charge in [-0.05, 0) is 17.2 Å². The third-order valence-corrected chi connectivity index (χ3v) is 6.25. The van der Waals surface area contributed by atoms with E-state index in [0.29, 0.717) is 12.0 Å². The van der Waals surface area contributed by atoms with E-state index in [4.69, 9.17) is 9.15 Å². The fourth-order valence-corrected chi connectivity index (χ4v) is 4.76. The van der Waals surface area contributed by atoms with Gasteiger partial charge in [0.25, 0.3) is 5.88 Å². The van der Waals surface area contributed by atoms with Crippen molar-refractivity contribution in [3.05, 3.63) is 42.5 Å². The highest BCUT2D eigenvalue weighted by Gasteiger charge is 2.37. The number of furan rings is 1. The van der Waals surface area contributed by atoms with Crippen molar-refractivity contribution in [3.63, 3.8) is 0 Å². The number of aromatic hydroxyl groups is 1. The summed E-state index contributed by atoms with van der Waals surface area (Å²) in [6.07, 6.45) is 0.424. The van der Waals surface area contributed by atoms with Crippen LogP contribution in [0.15, 0.2) is 46.9 Å². The normalized spacial score (nSPS) is 16.0. The van der Waals surface area contributed by atoms with Gasteiger partial charge in [0.1, 0.15) is 0 Å². The Morgan fingerprint density at radius 2 is 1.93 bits per heavy atom. The molecule has 1 saturated heterocycles. The largest absolute Gasteiger partial charge is 0.502 e. The zero-order valence-corrected chi connectivity index (χ0v) is 15.3. The molecule has 27 heavy (non-hydrogen) atoms. The van der Waals surface area contributed by atoms with Crippen LogP contribution in [0.5, 0.6) is 11.5 Å². The van der Waals surface area contributed by atoms with Crippen molar-refractivity contribution in [1.82, 2.24) is 0 Å². The van der Waals surface area contributed by atoms with Gasteiger partial charge in [-0.3, -0.25) is 4.79 Å². The molecule has 1 fully saturated rings. The van der Waals surface area contributed by atoms with Crippen molar-refractivity contribution in [2.45, 2.75) is 13.3 Å². The van der Waals surface area contributed by atoms with Gasteiger partial charge in [0.2, 0.25) is 21.5 Å². The van der Waals surface area contributed by atoms with Gasteiger partial charge >= 0.3 is 5.97 Å². The van der Waals surface area contributed by atoms with Crippen LogP contribution in [0.4, 0.5) is 5.88 Å². The third-order valence-electron chi connectivity index (χ3n) is 4.43. The fourth-order valence-electron chi connectivity index (χ4n) is 3.27. The highest BCUT2D eigenvalue weighted by Crippen LogP contribution is 2.50. The summed E-state index contributed by atoms with van der Waals surface area (Å²) < 4.78 is 36.6. The van der Waals surface area contributed by atoms with Crippen molar-refractivity contribution in [3.8, 4) is 22.8 Å². The summed E-state index contributed by atoms with van der Waals surface area (Å²) in [7, 11) is -3.59. The molecule has 8 heteroatoms. The van der Waals surface area contributed by atoms with Gasteiger partial charge in [-0.2, -0.15) is 0 Å². The SMILES string of the molecule is CC(=O)Oc1c(N2CCCS2(=O)=O)oc(-c2cccc3ccccc23)c1O. The average molecular weight is 387 g/mol. The number of hydrogen-bond donors (Lipinski definition) is 1. The molecule has 0 atom stereocenters. The zero-order chi connectivity index (χ0) is 19.2. The lowest BCUT2D eigenvalue weighted by atomic mass is 10.0. The number of rotatable bonds is 3. The van der Waals surface area contributed by atoms with Crippen molar-refractivity contribution in [2.24, 2.45) is 0 Å². The summed E-state index contributed by atoms with van der Waals surface area (Å²) in [4.78, 5) is 11.5. The minimum absolute atomic E-state index is 0.0302. The molecular weight excluding hydrogens is 370 g/mol. The van der Waals surface area contributed by atoms with Crippen molar-refractivity contribution < 1.29 is 27.5 Å². The van der Waals surface area contributed by atoms with Gasteiger partial charge in [-0.1, -0.05) is 42.5 Å². The number of ether oxygens (including phenoxy) is 1. The van der Waals surface area contributed by atoms with Crippen LogP contribution in [0.25, 0.3) is 22.1 Å². The summed E-state index contributed by atoms with van der Waals surface area (Å²) in [6, 6.07) is 13.0. The Morgan fingerprint density at radius 3 is 2.63 bits per heavy atom. The Bertz CT molecular complexity index is 1140. The van der Waals surface area contributed by atoms with E-state index in [9.17, 15) is 18.3 Å². The number of sulfonamides is 1. The first kappa shape index (κ1) is 17.4. The molecule has 1 aromatic heterocycles. The second kappa shape index (κ2) is 6.31. The number of benzene rings is 2. The van der Waals surface area contributed by atoms with Gasteiger partial charge in [-0.25, -0.2) is 12.7 Å². The molecule has 0 unspecified atom stereocenters. The van der Waals surface area contributed by atoms with Gasteiger partial charge in [-0.15, -0.1) is 0 Å². The highest BCUT2D eigenvalue weighted by atomic mass is 32.2. The number of esters is 1. The maximum atomic E-state index is 12.3. The number of anilines is 1. The molecule has 140 valence electrons. The molecule has 0 aliphatic carbocycles. The number of hydrogen-bond acceptors (Lipinski definition) is 6. The number of carbonyl (C=O) groups excluding carboxylic acids is 1. The Morgan fingerprint density at radius 1 is 1.19 bits per heavy atom. The van der Waals surface area contributed by atoms with E-state index >= 15 is 0 Å². The van der Waals surface area contributed by atoms with E-state index in [1.54, 1.807) is 12.1 Å². The minimum atomic E-state index is -3.59. The zero-order valence-electron chi connectivity index (χ0n) is 14.5. The van der Waals surface area contributed by atoms with Crippen molar-refractivity contribution in [1.29, 1.82) is 0 Å². The van der Waals surface area contributed by atoms with Crippen molar-refractivity contribution in [2.75, 3.05) is 16.6 Å². The van der Waals surface area contributed by atoms with Crippen LogP contribution < -0.4 is 9.04 Å². The molecule has 3 aromatic rings. The summed E-state index contributed by atoms with van der Waals surface area (Å²) >= 11 is 0. The molecule has 1 aliphatic rings. The Labute approximate surface area is 155 Å². The summed E-state index contributed by atoms with van der Waals surface area (Å²) in [6.45, 7) is 1.37. The summed E-state index contributed by atoms with van der Waals surface area (Å²) in [5.74, 6) is -1.52. The average Bonchev–Trinajstić information content (AvgIpc) is 3.13. The van der Waals surface area contributed by atoms with E-state index in [0.717, 1.165) is 15.1 Å². The monoisotopic (exact) mass is 387 g/mol. The quantitative estimate of drug-likeness (QED) is 0.693. The number of nitrogens with zero attached hydrogens (tertiary/aromatic N) is 1. The van der Waals surface area contributed by atoms with Gasteiger partial charge in [0.05, 0.1) is 5.75 Å². The Hall–Kier alpha value is -3.00. The molecule has 0 amide bonds. The van der Waals surface area contributed by atoms with E-state index < -0.39 is 21.7 Å². The van der Waals surface area contributed by atoms with Crippen LogP contribution in [0, 0.1) is 0 Å². The molecule has 7 nitrogen and oxygen atoms in total. The number of carbonyl (C=O) groups is 1. The second-order valence-corrected chi connectivity index (χ2v) is 8.29. The lowest BCUT2D eigenvalue weighted by molar-refractivity contribution is -0.132. The summed E-state index contributed by atoms with van der Waals surface area (Å²) in [5, 5.41) is 12.4. The van der Waals surface area contributed by atoms with Crippen LogP contribution >= 0.6 is 0 Å². The first-order valence-corrected chi connectivity index (χ1v) is 10.0. The molecule has 0 radical (unpaired) electrons. The topological polar surface area (TPSA) is 97.0 Å². The van der Waals surface area contributed by atoms with E-state index in [1.165, 1.54) is 6.92 Å². The molecular formula is C19H17NO6S. The van der Waals surface area contributed by atoms with E-state index in [1.807, 2.05) is 30.3 Å². The molecule has 0 spiro atoms. The predicted octanol–water partition coefficient (Wildman–Crippen LogP) is 3.27. The lowest BCUT2D eigenvalue weighted by Gasteiger charge is -2.14. The van der Waals surface area contributed by atoms with Crippen LogP contribution in [0.3, 0.4) is 0 Å². The lowest BCUT2D eigenvalue weighted by Crippen LogP contribution is -2.25. The smallest absolute Gasteiger partial charge is 0.308 e. The number of fused-ring (bicyclic) bond motifs is 1. The highest BCUT2D eigenvalue weighted by molar-refractivity contribution is 7.93. The standard InChI is InChI=1S/C19H17NO6S/c1-12(21)25-18-16(22)17(26-19(18)20-10-5-11-27(20,23)24)15-9-4-7-13-6-2-3-8-14(13)15/h2-4,6-9,22H,5,10-11H2,1H3. The van der Waals surface area contributed by atoms with Gasteiger partial charge < -0.3 is 14.3 Å². The fraction of sp³-hybridized carbons (Fsp3) is 0.211. The Kier molecular flexibility index (Phi) is 4.07. The van der Waals surface area contributed by atoms with Crippen LogP contribution in [0.1, 0.15) is 13.3 Å². The van der Waals surface area contributed by atoms with E-state index in [-0.39, 0.29) is 29.7 Å². The molecule has 0 bridgehead atoms. The van der Waals surface area contributed by atoms with Crippen LogP contribution in [0.2, 0.25) is 0 Å². The molecule has 2 aromatic carbocycles. The first-order valence-electron chi connectivity index (χ1n) is 8.41. The second-order valence-electron chi connectivity index (χ2n) is 6.28. The van der Waals surface area contributed by atoms with Crippen LogP contribution in [-0.2, 0) is 14.8 Å². The third kappa shape index (κ3) is 2.91. The molecule has 1 N–H and O–H groups in total. The molecule has 1 aliphatic heterocycles. The van der Waals surface area contributed by atoms with E-state index in [2.05, 4.69) is 0 Å². The predicted molar refractivity (Wildman–Crippen MR) is 100 cm³/mol. The molecule has 0 saturated carbocycles. The minimum Gasteiger partial charge on any atom is -0.502 e. The maximum Gasteiger partial charge on any atom is 0.308 e. The van der Waals surface area contributed by atoms with Crippen molar-refractivity contribution >= 4 is 32.6 Å².